The van der Waals surface area contributed by atoms with Crippen molar-refractivity contribution < 1.29 is 29.0 Å². The lowest BCUT2D eigenvalue weighted by atomic mass is 10.1. The lowest BCUT2D eigenvalue weighted by Crippen LogP contribution is -2.26. The van der Waals surface area contributed by atoms with Gasteiger partial charge in [-0.05, 0) is 25.7 Å². The van der Waals surface area contributed by atoms with Crippen molar-refractivity contribution in [1.29, 1.82) is 0 Å². The second kappa shape index (κ2) is 16.1. The van der Waals surface area contributed by atoms with Gasteiger partial charge in [0.05, 0.1) is 0 Å². The van der Waals surface area contributed by atoms with E-state index in [1.54, 1.807) is 0 Å². The van der Waals surface area contributed by atoms with Crippen LogP contribution >= 0.6 is 0 Å². The minimum atomic E-state index is -0.766. The highest BCUT2D eigenvalue weighted by Gasteiger charge is 2.18. The fourth-order valence-electron chi connectivity index (χ4n) is 2.46. The van der Waals surface area contributed by atoms with Crippen LogP contribution in [0.4, 0.5) is 0 Å². The summed E-state index contributed by atoms with van der Waals surface area (Å²) in [5.74, 6) is -1.01. The van der Waals surface area contributed by atoms with E-state index in [-0.39, 0.29) is 25.0 Å². The highest BCUT2D eigenvalue weighted by atomic mass is 16.7. The number of carboxylic acids is 1. The van der Waals surface area contributed by atoms with Crippen molar-refractivity contribution in [2.24, 2.45) is 0 Å². The van der Waals surface area contributed by atoms with Gasteiger partial charge in [0.15, 0.2) is 12.6 Å². The van der Waals surface area contributed by atoms with Crippen molar-refractivity contribution in [3.63, 3.8) is 0 Å². The molecule has 0 aromatic rings. The number of aliphatic carboxylic acids is 1. The van der Waals surface area contributed by atoms with Crippen LogP contribution in [0.25, 0.3) is 0 Å². The number of hydrogen-bond acceptors (Lipinski definition) is 5. The summed E-state index contributed by atoms with van der Waals surface area (Å²) in [6.07, 6.45) is 7.97. The molecule has 0 heterocycles. The van der Waals surface area contributed by atoms with E-state index in [2.05, 4.69) is 6.92 Å². The second-order valence-corrected chi connectivity index (χ2v) is 6.31. The predicted molar refractivity (Wildman–Crippen MR) is 95.2 cm³/mol. The molecule has 0 saturated carbocycles. The molecular formula is C19H34O6. The monoisotopic (exact) mass is 358 g/mol. The summed E-state index contributed by atoms with van der Waals surface area (Å²) in [7, 11) is 0. The molecule has 0 fully saturated rings. The van der Waals surface area contributed by atoms with Crippen LogP contribution in [0.3, 0.4) is 0 Å². The molecule has 146 valence electrons. The van der Waals surface area contributed by atoms with Gasteiger partial charge in [-0.15, -0.1) is 0 Å². The number of ketones is 1. The summed E-state index contributed by atoms with van der Waals surface area (Å²) in [6.45, 7) is 3.85. The third kappa shape index (κ3) is 14.6. The van der Waals surface area contributed by atoms with Crippen molar-refractivity contribution in [3.8, 4) is 0 Å². The van der Waals surface area contributed by atoms with E-state index in [0.717, 1.165) is 44.9 Å². The number of esters is 1. The zero-order valence-corrected chi connectivity index (χ0v) is 15.8. The quantitative estimate of drug-likeness (QED) is 0.237. The molecule has 1 N–H and O–H groups in total. The van der Waals surface area contributed by atoms with E-state index in [1.807, 2.05) is 6.92 Å². The zero-order chi connectivity index (χ0) is 18.9. The molecule has 0 aliphatic carbocycles. The van der Waals surface area contributed by atoms with Crippen LogP contribution in [-0.4, -0.2) is 35.7 Å². The van der Waals surface area contributed by atoms with Gasteiger partial charge in [0.1, 0.15) is 6.10 Å². The SMILES string of the molecule is CCCCC(OCOC(=O)CCCCCCCC(=O)O)C(=O)CCC. The summed E-state index contributed by atoms with van der Waals surface area (Å²) < 4.78 is 10.5. The molecular weight excluding hydrogens is 324 g/mol. The molecule has 0 amide bonds. The summed E-state index contributed by atoms with van der Waals surface area (Å²) >= 11 is 0. The first-order valence-electron chi connectivity index (χ1n) is 9.52. The van der Waals surface area contributed by atoms with E-state index < -0.39 is 12.1 Å². The van der Waals surface area contributed by atoms with Gasteiger partial charge in [0.25, 0.3) is 0 Å². The maximum absolute atomic E-state index is 12.0. The molecule has 1 atom stereocenters. The van der Waals surface area contributed by atoms with Crippen LogP contribution in [0.5, 0.6) is 0 Å². The van der Waals surface area contributed by atoms with Gasteiger partial charge in [0, 0.05) is 19.3 Å². The topological polar surface area (TPSA) is 89.9 Å². The Balaban J connectivity index is 3.77. The van der Waals surface area contributed by atoms with Crippen LogP contribution in [-0.2, 0) is 23.9 Å². The predicted octanol–water partition coefficient (Wildman–Crippen LogP) is 4.25. The summed E-state index contributed by atoms with van der Waals surface area (Å²) in [6, 6.07) is 0. The van der Waals surface area contributed by atoms with Crippen molar-refractivity contribution in [2.75, 3.05) is 6.79 Å². The van der Waals surface area contributed by atoms with Crippen molar-refractivity contribution >= 4 is 17.7 Å². The number of carbonyl (C=O) groups is 3. The van der Waals surface area contributed by atoms with Crippen molar-refractivity contribution in [1.82, 2.24) is 0 Å². The Labute approximate surface area is 151 Å². The van der Waals surface area contributed by atoms with Crippen LogP contribution in [0, 0.1) is 0 Å². The van der Waals surface area contributed by atoms with Gasteiger partial charge in [-0.1, -0.05) is 46.0 Å². The molecule has 6 heteroatoms. The Bertz CT molecular complexity index is 380. The first-order valence-corrected chi connectivity index (χ1v) is 9.52. The Morgan fingerprint density at radius 1 is 0.840 bits per heavy atom. The van der Waals surface area contributed by atoms with Gasteiger partial charge in [-0.25, -0.2) is 0 Å². The average Bonchev–Trinajstić information content (AvgIpc) is 2.56. The Kier molecular flexibility index (Phi) is 15.1. The highest BCUT2D eigenvalue weighted by molar-refractivity contribution is 5.83. The molecule has 0 aromatic heterocycles. The van der Waals surface area contributed by atoms with Gasteiger partial charge in [-0.2, -0.15) is 0 Å². The van der Waals surface area contributed by atoms with E-state index in [4.69, 9.17) is 14.6 Å². The molecule has 0 aromatic carbocycles. The van der Waals surface area contributed by atoms with E-state index in [1.165, 1.54) is 0 Å². The molecule has 0 saturated heterocycles. The number of hydrogen-bond donors (Lipinski definition) is 1. The van der Waals surface area contributed by atoms with Gasteiger partial charge in [0.2, 0.25) is 0 Å². The van der Waals surface area contributed by atoms with Crippen LogP contribution < -0.4 is 0 Å². The third-order valence-electron chi connectivity index (χ3n) is 3.94. The minimum absolute atomic E-state index is 0.0772. The van der Waals surface area contributed by atoms with Crippen molar-refractivity contribution in [3.05, 3.63) is 0 Å². The van der Waals surface area contributed by atoms with E-state index in [0.29, 0.717) is 25.7 Å². The summed E-state index contributed by atoms with van der Waals surface area (Å²) in [5, 5.41) is 8.53. The van der Waals surface area contributed by atoms with Crippen molar-refractivity contribution in [2.45, 2.75) is 97.0 Å². The molecule has 0 rings (SSSR count). The number of carbonyl (C=O) groups excluding carboxylic acids is 2. The fourth-order valence-corrected chi connectivity index (χ4v) is 2.46. The number of Topliss-reactive ketones (excluding diaryl/α,β-unsaturated/α-hetero) is 1. The molecule has 0 spiro atoms. The van der Waals surface area contributed by atoms with Crippen LogP contribution in [0.1, 0.15) is 90.9 Å². The summed E-state index contributed by atoms with van der Waals surface area (Å²) in [4.78, 5) is 34.0. The fraction of sp³-hybridized carbons (Fsp3) is 0.842. The third-order valence-corrected chi connectivity index (χ3v) is 3.94. The largest absolute Gasteiger partial charge is 0.481 e. The number of ether oxygens (including phenoxy) is 2. The average molecular weight is 358 g/mol. The maximum Gasteiger partial charge on any atom is 0.307 e. The Morgan fingerprint density at radius 3 is 2.08 bits per heavy atom. The normalized spacial score (nSPS) is 11.9. The standard InChI is InChI=1S/C19H34O6/c1-3-5-12-17(16(20)11-4-2)24-15-25-19(23)14-10-8-6-7-9-13-18(21)22/h17H,3-15H2,1-2H3,(H,21,22). The number of rotatable bonds is 17. The molecule has 0 aliphatic heterocycles. The minimum Gasteiger partial charge on any atom is -0.481 e. The zero-order valence-electron chi connectivity index (χ0n) is 15.8. The number of unbranched alkanes of at least 4 members (excludes halogenated alkanes) is 5. The molecule has 0 aliphatic rings. The number of carboxylic acid groups (broad SMARTS) is 1. The molecule has 1 unspecified atom stereocenters. The van der Waals surface area contributed by atoms with Crippen LogP contribution in [0.2, 0.25) is 0 Å². The lowest BCUT2D eigenvalue weighted by molar-refractivity contribution is -0.165. The first-order chi connectivity index (χ1) is 12.0. The highest BCUT2D eigenvalue weighted by Crippen LogP contribution is 2.11. The summed E-state index contributed by atoms with van der Waals surface area (Å²) in [5.41, 5.74) is 0. The molecule has 0 bridgehead atoms. The Hall–Kier alpha value is -1.43. The van der Waals surface area contributed by atoms with Crippen LogP contribution in [0.15, 0.2) is 0 Å². The smallest absolute Gasteiger partial charge is 0.307 e. The van der Waals surface area contributed by atoms with Gasteiger partial charge >= 0.3 is 11.9 Å². The van der Waals surface area contributed by atoms with E-state index >= 15 is 0 Å². The molecule has 0 radical (unpaired) electrons. The second-order valence-electron chi connectivity index (χ2n) is 6.31. The lowest BCUT2D eigenvalue weighted by Gasteiger charge is -2.16. The van der Waals surface area contributed by atoms with E-state index in [9.17, 15) is 14.4 Å². The molecule has 25 heavy (non-hydrogen) atoms. The molecule has 6 nitrogen and oxygen atoms in total. The first kappa shape index (κ1) is 23.6. The Morgan fingerprint density at radius 2 is 1.48 bits per heavy atom. The van der Waals surface area contributed by atoms with Gasteiger partial charge in [-0.3, -0.25) is 14.4 Å². The van der Waals surface area contributed by atoms with Gasteiger partial charge < -0.3 is 14.6 Å². The maximum atomic E-state index is 12.0.